The largest absolute Gasteiger partial charge is 0.496 e. The summed E-state index contributed by atoms with van der Waals surface area (Å²) in [6, 6.07) is 14.0. The Morgan fingerprint density at radius 2 is 2.00 bits per heavy atom. The van der Waals surface area contributed by atoms with Crippen molar-refractivity contribution in [2.75, 3.05) is 7.11 Å². The van der Waals surface area contributed by atoms with Gasteiger partial charge in [-0.2, -0.15) is 5.26 Å². The number of ether oxygens (including phenoxy) is 1. The third-order valence-corrected chi connectivity index (χ3v) is 2.48. The lowest BCUT2D eigenvalue weighted by molar-refractivity contribution is 0.414. The fourth-order valence-electron chi connectivity index (χ4n) is 1.75. The van der Waals surface area contributed by atoms with Crippen molar-refractivity contribution in [2.24, 2.45) is 0 Å². The van der Waals surface area contributed by atoms with Crippen LogP contribution in [0.3, 0.4) is 0 Å². The van der Waals surface area contributed by atoms with Gasteiger partial charge in [0.15, 0.2) is 0 Å². The molecule has 16 heavy (non-hydrogen) atoms. The molecule has 0 amide bonds. The van der Waals surface area contributed by atoms with Crippen LogP contribution < -0.4 is 4.74 Å². The van der Waals surface area contributed by atoms with Crippen LogP contribution in [0.4, 0.5) is 0 Å². The van der Waals surface area contributed by atoms with Gasteiger partial charge in [0.05, 0.1) is 13.2 Å². The van der Waals surface area contributed by atoms with Gasteiger partial charge < -0.3 is 4.74 Å². The number of rotatable bonds is 2. The van der Waals surface area contributed by atoms with E-state index in [9.17, 15) is 0 Å². The summed E-state index contributed by atoms with van der Waals surface area (Å²) < 4.78 is 5.29. The smallest absolute Gasteiger partial charge is 0.126 e. The van der Waals surface area contributed by atoms with Crippen LogP contribution in [0.5, 0.6) is 5.75 Å². The van der Waals surface area contributed by atoms with Gasteiger partial charge in [-0.25, -0.2) is 0 Å². The van der Waals surface area contributed by atoms with E-state index in [1.54, 1.807) is 13.2 Å². The average Bonchev–Trinajstić information content (AvgIpc) is 2.35. The molecule has 0 aliphatic carbocycles. The summed E-state index contributed by atoms with van der Waals surface area (Å²) in [4.78, 5) is 0. The number of methoxy groups -OCH3 is 1. The van der Waals surface area contributed by atoms with Crippen LogP contribution in [0, 0.1) is 11.3 Å². The van der Waals surface area contributed by atoms with E-state index >= 15 is 0 Å². The van der Waals surface area contributed by atoms with Crippen molar-refractivity contribution in [1.29, 1.82) is 5.26 Å². The summed E-state index contributed by atoms with van der Waals surface area (Å²) in [5.41, 5.74) is 0.946. The van der Waals surface area contributed by atoms with Gasteiger partial charge in [-0.3, -0.25) is 0 Å². The Labute approximate surface area is 94.4 Å². The molecule has 2 aromatic carbocycles. The van der Waals surface area contributed by atoms with Crippen molar-refractivity contribution in [3.63, 3.8) is 0 Å². The first-order valence-corrected chi connectivity index (χ1v) is 4.98. The lowest BCUT2D eigenvalue weighted by atomic mass is 10.0. The third kappa shape index (κ3) is 1.76. The van der Waals surface area contributed by atoms with Crippen LogP contribution in [-0.4, -0.2) is 7.11 Å². The molecule has 0 bridgehead atoms. The molecule has 0 aliphatic heterocycles. The Morgan fingerprint density at radius 3 is 2.75 bits per heavy atom. The molecular weight excluding hydrogens is 198 g/mol. The highest BCUT2D eigenvalue weighted by Crippen LogP contribution is 2.28. The first kappa shape index (κ1) is 10.3. The predicted octanol–water partition coefficient (Wildman–Crippen LogP) is 3.39. The first-order valence-electron chi connectivity index (χ1n) is 4.98. The first-order chi connectivity index (χ1) is 7.86. The topological polar surface area (TPSA) is 33.0 Å². The fraction of sp³-hybridized carbons (Fsp3) is 0.0714. The summed E-state index contributed by atoms with van der Waals surface area (Å²) in [6.45, 7) is 0. The second-order valence-corrected chi connectivity index (χ2v) is 3.37. The van der Waals surface area contributed by atoms with Crippen molar-refractivity contribution in [1.82, 2.24) is 0 Å². The number of hydrogen-bond donors (Lipinski definition) is 0. The molecule has 0 heterocycles. The third-order valence-electron chi connectivity index (χ3n) is 2.48. The Bertz CT molecular complexity index is 579. The van der Waals surface area contributed by atoms with E-state index in [2.05, 4.69) is 0 Å². The molecule has 0 saturated heterocycles. The van der Waals surface area contributed by atoms with Gasteiger partial charge in [0.1, 0.15) is 5.75 Å². The average molecular weight is 209 g/mol. The molecule has 0 aliphatic rings. The van der Waals surface area contributed by atoms with Crippen molar-refractivity contribution < 1.29 is 4.74 Å². The van der Waals surface area contributed by atoms with E-state index in [1.165, 1.54) is 6.08 Å². The van der Waals surface area contributed by atoms with Gasteiger partial charge in [-0.1, -0.05) is 30.3 Å². The molecule has 0 N–H and O–H groups in total. The van der Waals surface area contributed by atoms with Crippen LogP contribution in [-0.2, 0) is 0 Å². The van der Waals surface area contributed by atoms with Crippen molar-refractivity contribution in [2.45, 2.75) is 0 Å². The summed E-state index contributed by atoms with van der Waals surface area (Å²) in [7, 11) is 1.63. The number of hydrogen-bond acceptors (Lipinski definition) is 2. The second kappa shape index (κ2) is 4.50. The van der Waals surface area contributed by atoms with E-state index in [-0.39, 0.29) is 0 Å². The highest BCUT2D eigenvalue weighted by Gasteiger charge is 2.04. The molecule has 2 rings (SSSR count). The lowest BCUT2D eigenvalue weighted by Gasteiger charge is -2.08. The minimum Gasteiger partial charge on any atom is -0.496 e. The van der Waals surface area contributed by atoms with Crippen molar-refractivity contribution in [3.8, 4) is 11.8 Å². The molecular formula is C14H11NO. The van der Waals surface area contributed by atoms with E-state index in [1.807, 2.05) is 42.5 Å². The maximum Gasteiger partial charge on any atom is 0.126 e. The fourth-order valence-corrected chi connectivity index (χ4v) is 1.75. The molecule has 2 aromatic rings. The number of nitrogens with zero attached hydrogens (tertiary/aromatic N) is 1. The van der Waals surface area contributed by atoms with E-state index in [0.717, 1.165) is 22.1 Å². The maximum absolute atomic E-state index is 8.59. The van der Waals surface area contributed by atoms with Gasteiger partial charge in [0.2, 0.25) is 0 Å². The Balaban J connectivity index is 2.74. The molecule has 0 atom stereocenters. The number of benzene rings is 2. The van der Waals surface area contributed by atoms with Crippen LogP contribution in [0.2, 0.25) is 0 Å². The predicted molar refractivity (Wildman–Crippen MR) is 65.1 cm³/mol. The highest BCUT2D eigenvalue weighted by molar-refractivity contribution is 5.93. The van der Waals surface area contributed by atoms with Crippen LogP contribution >= 0.6 is 0 Å². The number of nitriles is 1. The Morgan fingerprint density at radius 1 is 1.19 bits per heavy atom. The zero-order valence-electron chi connectivity index (χ0n) is 8.97. The lowest BCUT2D eigenvalue weighted by Crippen LogP contribution is -1.88. The highest BCUT2D eigenvalue weighted by atomic mass is 16.5. The Hall–Kier alpha value is -2.27. The van der Waals surface area contributed by atoms with Gasteiger partial charge in [0.25, 0.3) is 0 Å². The second-order valence-electron chi connectivity index (χ2n) is 3.37. The molecule has 0 unspecified atom stereocenters. The van der Waals surface area contributed by atoms with E-state index in [4.69, 9.17) is 10.00 Å². The van der Waals surface area contributed by atoms with Crippen LogP contribution in [0.15, 0.2) is 42.5 Å². The molecule has 0 spiro atoms. The van der Waals surface area contributed by atoms with Gasteiger partial charge in [0, 0.05) is 11.6 Å². The maximum atomic E-state index is 8.59. The van der Waals surface area contributed by atoms with Gasteiger partial charge in [-0.05, 0) is 22.9 Å². The number of allylic oxidation sites excluding steroid dienone is 1. The summed E-state index contributed by atoms with van der Waals surface area (Å²) in [5.74, 6) is 0.783. The summed E-state index contributed by atoms with van der Waals surface area (Å²) >= 11 is 0. The minimum absolute atomic E-state index is 0.783. The van der Waals surface area contributed by atoms with E-state index in [0.29, 0.717) is 0 Å². The van der Waals surface area contributed by atoms with Crippen LogP contribution in [0.1, 0.15) is 5.56 Å². The normalized spacial score (nSPS) is 10.5. The van der Waals surface area contributed by atoms with Gasteiger partial charge in [-0.15, -0.1) is 0 Å². The Kier molecular flexibility index (Phi) is 2.88. The zero-order valence-corrected chi connectivity index (χ0v) is 8.97. The zero-order chi connectivity index (χ0) is 11.4. The molecule has 2 nitrogen and oxygen atoms in total. The van der Waals surface area contributed by atoms with E-state index < -0.39 is 0 Å². The summed E-state index contributed by atoms with van der Waals surface area (Å²) in [5, 5.41) is 10.8. The monoisotopic (exact) mass is 209 g/mol. The minimum atomic E-state index is 0.783. The van der Waals surface area contributed by atoms with Crippen LogP contribution in [0.25, 0.3) is 16.8 Å². The quantitative estimate of drug-likeness (QED) is 0.710. The molecule has 78 valence electrons. The van der Waals surface area contributed by atoms with Crippen molar-refractivity contribution in [3.05, 3.63) is 48.0 Å². The summed E-state index contributed by atoms with van der Waals surface area (Å²) in [6.07, 6.45) is 3.24. The molecule has 0 saturated carbocycles. The molecule has 0 radical (unpaired) electrons. The molecule has 0 fully saturated rings. The SMILES string of the molecule is COc1ccc2ccccc2c1C=CC#N. The van der Waals surface area contributed by atoms with Crippen molar-refractivity contribution >= 4 is 16.8 Å². The molecule has 0 aromatic heterocycles. The molecule has 2 heteroatoms. The standard InChI is InChI=1S/C14H11NO/c1-16-14-9-8-11-5-2-3-6-12(11)13(14)7-4-10-15/h2-9H,1H3. The number of fused-ring (bicyclic) bond motifs is 1. The van der Waals surface area contributed by atoms with Gasteiger partial charge >= 0.3 is 0 Å².